The van der Waals surface area contributed by atoms with E-state index < -0.39 is 0 Å². The van der Waals surface area contributed by atoms with Crippen molar-refractivity contribution in [1.29, 1.82) is 0 Å². The molecular weight excluding hydrogens is 334 g/mol. The predicted octanol–water partition coefficient (Wildman–Crippen LogP) is 4.12. The summed E-state index contributed by atoms with van der Waals surface area (Å²) >= 11 is 6.07. The van der Waals surface area contributed by atoms with Crippen LogP contribution in [0.1, 0.15) is 24.2 Å². The van der Waals surface area contributed by atoms with Crippen LogP contribution in [-0.4, -0.2) is 43.0 Å². The summed E-state index contributed by atoms with van der Waals surface area (Å²) in [7, 11) is 0. The Hall–Kier alpha value is -2.04. The molecule has 0 unspecified atom stereocenters. The Balaban J connectivity index is 1.61. The van der Waals surface area contributed by atoms with Gasteiger partial charge in [0.25, 0.3) is 5.91 Å². The normalized spacial score (nSPS) is 15.4. The van der Waals surface area contributed by atoms with E-state index in [1.165, 1.54) is 5.69 Å². The zero-order chi connectivity index (χ0) is 17.8. The lowest BCUT2D eigenvalue weighted by Gasteiger charge is -2.38. The van der Waals surface area contributed by atoms with Crippen molar-refractivity contribution in [1.82, 2.24) is 4.90 Å². The van der Waals surface area contributed by atoms with Crippen molar-refractivity contribution in [3.63, 3.8) is 0 Å². The Morgan fingerprint density at radius 2 is 1.64 bits per heavy atom. The highest BCUT2D eigenvalue weighted by atomic mass is 35.5. The van der Waals surface area contributed by atoms with Crippen LogP contribution in [-0.2, 0) is 0 Å². The molecule has 5 heteroatoms. The summed E-state index contributed by atoms with van der Waals surface area (Å²) in [5, 5.41) is 3.36. The van der Waals surface area contributed by atoms with Crippen molar-refractivity contribution in [3.8, 4) is 0 Å². The van der Waals surface area contributed by atoms with Crippen molar-refractivity contribution in [2.45, 2.75) is 19.9 Å². The van der Waals surface area contributed by atoms with Crippen LogP contribution in [0.2, 0.25) is 5.02 Å². The van der Waals surface area contributed by atoms with Crippen LogP contribution in [0, 0.1) is 0 Å². The van der Waals surface area contributed by atoms with Gasteiger partial charge < -0.3 is 10.2 Å². The first-order valence-electron chi connectivity index (χ1n) is 8.69. The van der Waals surface area contributed by atoms with E-state index in [9.17, 15) is 4.79 Å². The third kappa shape index (κ3) is 4.33. The minimum atomic E-state index is -0.191. The number of carbonyl (C=O) groups is 1. The van der Waals surface area contributed by atoms with Gasteiger partial charge in [0.05, 0.1) is 10.6 Å². The maximum atomic E-state index is 12.3. The number of piperazine rings is 1. The van der Waals surface area contributed by atoms with E-state index in [1.807, 2.05) is 18.2 Å². The number of rotatable bonds is 4. The number of anilines is 2. The predicted molar refractivity (Wildman–Crippen MR) is 105 cm³/mol. The van der Waals surface area contributed by atoms with Crippen molar-refractivity contribution >= 4 is 28.9 Å². The molecule has 0 spiro atoms. The highest BCUT2D eigenvalue weighted by Crippen LogP contribution is 2.21. The van der Waals surface area contributed by atoms with Crippen molar-refractivity contribution in [2.75, 3.05) is 36.4 Å². The Bertz CT molecular complexity index is 722. The van der Waals surface area contributed by atoms with Gasteiger partial charge in [0, 0.05) is 43.6 Å². The Labute approximate surface area is 154 Å². The standard InChI is InChI=1S/C20H24ClN3O/c1-15(2)23-11-13-24(14-12-23)17-9-7-16(8-10-17)22-20(25)18-5-3-4-6-19(18)21/h3-10,15H,11-14H2,1-2H3,(H,22,25). The molecule has 3 rings (SSSR count). The molecule has 0 bridgehead atoms. The second kappa shape index (κ2) is 7.89. The number of nitrogens with zero attached hydrogens (tertiary/aromatic N) is 2. The molecule has 1 N–H and O–H groups in total. The molecule has 0 radical (unpaired) electrons. The van der Waals surface area contributed by atoms with Gasteiger partial charge in [-0.25, -0.2) is 0 Å². The maximum absolute atomic E-state index is 12.3. The SMILES string of the molecule is CC(C)N1CCN(c2ccc(NC(=O)c3ccccc3Cl)cc2)CC1. The summed E-state index contributed by atoms with van der Waals surface area (Å²) in [5.41, 5.74) is 2.45. The first kappa shape index (κ1) is 17.8. The molecule has 0 aromatic heterocycles. The number of amides is 1. The number of nitrogens with one attached hydrogen (secondary N) is 1. The second-order valence-corrected chi connectivity index (χ2v) is 7.00. The third-order valence-corrected chi connectivity index (χ3v) is 4.98. The van der Waals surface area contributed by atoms with Gasteiger partial charge >= 0.3 is 0 Å². The summed E-state index contributed by atoms with van der Waals surface area (Å²) in [6.07, 6.45) is 0. The van der Waals surface area contributed by atoms with Crippen molar-refractivity contribution < 1.29 is 4.79 Å². The summed E-state index contributed by atoms with van der Waals surface area (Å²) in [6.45, 7) is 8.72. The average molecular weight is 358 g/mol. The van der Waals surface area contributed by atoms with Crippen LogP contribution in [0.5, 0.6) is 0 Å². The molecule has 132 valence electrons. The molecule has 25 heavy (non-hydrogen) atoms. The zero-order valence-electron chi connectivity index (χ0n) is 14.7. The van der Waals surface area contributed by atoms with Crippen molar-refractivity contribution in [3.05, 3.63) is 59.1 Å². The van der Waals surface area contributed by atoms with Gasteiger partial charge in [-0.05, 0) is 50.2 Å². The largest absolute Gasteiger partial charge is 0.369 e. The Morgan fingerprint density at radius 3 is 2.24 bits per heavy atom. The number of halogens is 1. The number of hydrogen-bond acceptors (Lipinski definition) is 3. The van der Waals surface area contributed by atoms with Gasteiger partial charge in [0.15, 0.2) is 0 Å². The summed E-state index contributed by atoms with van der Waals surface area (Å²) < 4.78 is 0. The molecule has 2 aromatic rings. The van der Waals surface area contributed by atoms with Gasteiger partial charge in [-0.3, -0.25) is 9.69 Å². The minimum absolute atomic E-state index is 0.191. The monoisotopic (exact) mass is 357 g/mol. The zero-order valence-corrected chi connectivity index (χ0v) is 15.5. The van der Waals surface area contributed by atoms with Gasteiger partial charge in [-0.1, -0.05) is 23.7 Å². The lowest BCUT2D eigenvalue weighted by molar-refractivity contribution is 0.102. The number of hydrogen-bond donors (Lipinski definition) is 1. The summed E-state index contributed by atoms with van der Waals surface area (Å²) in [5.74, 6) is -0.191. The quantitative estimate of drug-likeness (QED) is 0.893. The van der Waals surface area contributed by atoms with Gasteiger partial charge in [-0.15, -0.1) is 0 Å². The van der Waals surface area contributed by atoms with Gasteiger partial charge in [0.1, 0.15) is 0 Å². The van der Waals surface area contributed by atoms with Crippen LogP contribution < -0.4 is 10.2 Å². The third-order valence-electron chi connectivity index (χ3n) is 4.65. The highest BCUT2D eigenvalue weighted by Gasteiger charge is 2.19. The summed E-state index contributed by atoms with van der Waals surface area (Å²) in [4.78, 5) is 17.2. The second-order valence-electron chi connectivity index (χ2n) is 6.60. The first-order valence-corrected chi connectivity index (χ1v) is 9.07. The van der Waals surface area contributed by atoms with E-state index in [4.69, 9.17) is 11.6 Å². The van der Waals surface area contributed by atoms with Crippen molar-refractivity contribution in [2.24, 2.45) is 0 Å². The van der Waals surface area contributed by atoms with E-state index in [-0.39, 0.29) is 5.91 Å². The molecule has 0 saturated carbocycles. The van der Waals surface area contributed by atoms with E-state index in [2.05, 4.69) is 41.1 Å². The maximum Gasteiger partial charge on any atom is 0.257 e. The van der Waals surface area contributed by atoms with E-state index in [0.29, 0.717) is 16.6 Å². The topological polar surface area (TPSA) is 35.6 Å². The smallest absolute Gasteiger partial charge is 0.257 e. The number of carbonyl (C=O) groups excluding carboxylic acids is 1. The molecule has 4 nitrogen and oxygen atoms in total. The van der Waals surface area contributed by atoms with Crippen LogP contribution in [0.4, 0.5) is 11.4 Å². The van der Waals surface area contributed by atoms with E-state index in [0.717, 1.165) is 31.9 Å². The molecule has 2 aromatic carbocycles. The molecule has 1 fully saturated rings. The highest BCUT2D eigenvalue weighted by molar-refractivity contribution is 6.34. The molecule has 1 aliphatic rings. The first-order chi connectivity index (χ1) is 12.0. The van der Waals surface area contributed by atoms with Gasteiger partial charge in [0.2, 0.25) is 0 Å². The fourth-order valence-corrected chi connectivity index (χ4v) is 3.32. The lowest BCUT2D eigenvalue weighted by Crippen LogP contribution is -2.48. The molecular formula is C20H24ClN3O. The van der Waals surface area contributed by atoms with Crippen LogP contribution in [0.25, 0.3) is 0 Å². The average Bonchev–Trinajstić information content (AvgIpc) is 2.63. The fraction of sp³-hybridized carbons (Fsp3) is 0.350. The fourth-order valence-electron chi connectivity index (χ4n) is 3.10. The van der Waals surface area contributed by atoms with Crippen LogP contribution >= 0.6 is 11.6 Å². The van der Waals surface area contributed by atoms with E-state index >= 15 is 0 Å². The minimum Gasteiger partial charge on any atom is -0.369 e. The molecule has 1 saturated heterocycles. The molecule has 1 aliphatic heterocycles. The Kier molecular flexibility index (Phi) is 5.61. The molecule has 0 aliphatic carbocycles. The van der Waals surface area contributed by atoms with Crippen LogP contribution in [0.15, 0.2) is 48.5 Å². The molecule has 1 heterocycles. The van der Waals surface area contributed by atoms with Gasteiger partial charge in [-0.2, -0.15) is 0 Å². The lowest BCUT2D eigenvalue weighted by atomic mass is 10.2. The number of benzene rings is 2. The Morgan fingerprint density at radius 1 is 1.00 bits per heavy atom. The van der Waals surface area contributed by atoms with E-state index in [1.54, 1.807) is 18.2 Å². The molecule has 1 amide bonds. The molecule has 0 atom stereocenters. The summed E-state index contributed by atoms with van der Waals surface area (Å²) in [6, 6.07) is 15.7. The van der Waals surface area contributed by atoms with Crippen LogP contribution in [0.3, 0.4) is 0 Å².